The van der Waals surface area contributed by atoms with E-state index in [1.165, 1.54) is 47.6 Å². The predicted molar refractivity (Wildman–Crippen MR) is 96.1 cm³/mol. The van der Waals surface area contributed by atoms with Crippen LogP contribution in [0.15, 0.2) is 36.4 Å². The summed E-state index contributed by atoms with van der Waals surface area (Å²) < 4.78 is 0. The number of halogens is 1. The molecule has 0 N–H and O–H groups in total. The van der Waals surface area contributed by atoms with Gasteiger partial charge < -0.3 is 0 Å². The molecule has 21 heavy (non-hydrogen) atoms. The molecular weight excluding hydrogens is 320 g/mol. The van der Waals surface area contributed by atoms with Crippen LogP contribution in [-0.2, 0) is 0 Å². The monoisotopic (exact) mass is 344 g/mol. The molecular formula is C20H25Br. The van der Waals surface area contributed by atoms with Gasteiger partial charge in [0.2, 0.25) is 0 Å². The Kier molecular flexibility index (Phi) is 4.14. The van der Waals surface area contributed by atoms with Gasteiger partial charge in [0.05, 0.1) is 0 Å². The van der Waals surface area contributed by atoms with E-state index in [0.29, 0.717) is 10.2 Å². The molecule has 0 radical (unpaired) electrons. The van der Waals surface area contributed by atoms with Crippen LogP contribution in [0, 0.1) is 18.3 Å². The van der Waals surface area contributed by atoms with Crippen molar-refractivity contribution in [3.63, 3.8) is 0 Å². The quantitative estimate of drug-likeness (QED) is 0.525. The summed E-state index contributed by atoms with van der Waals surface area (Å²) in [6.07, 6.45) is 5.45. The SMILES string of the molecule is Cc1ccc(C(Br)C2CCCCC2(C)C)c2ccccc12. The molecule has 1 aliphatic rings. The summed E-state index contributed by atoms with van der Waals surface area (Å²) in [5, 5.41) is 2.81. The molecule has 0 saturated heterocycles. The fourth-order valence-electron chi connectivity index (χ4n) is 3.99. The Balaban J connectivity index is 2.06. The standard InChI is InChI=1S/C20H25Br/c1-14-11-12-17(16-9-5-4-8-15(14)16)19(21)18-10-6-7-13-20(18,2)3/h4-5,8-9,11-12,18-19H,6-7,10,13H2,1-3H3. The first-order valence-electron chi connectivity index (χ1n) is 8.13. The van der Waals surface area contributed by atoms with Crippen LogP contribution in [0.2, 0.25) is 0 Å². The highest BCUT2D eigenvalue weighted by Gasteiger charge is 2.37. The molecule has 2 aromatic carbocycles. The van der Waals surface area contributed by atoms with Crippen LogP contribution in [-0.4, -0.2) is 0 Å². The van der Waals surface area contributed by atoms with Gasteiger partial charge >= 0.3 is 0 Å². The number of hydrogen-bond donors (Lipinski definition) is 0. The fraction of sp³-hybridized carbons (Fsp3) is 0.500. The zero-order valence-corrected chi connectivity index (χ0v) is 14.9. The van der Waals surface area contributed by atoms with Crippen LogP contribution in [0.25, 0.3) is 10.8 Å². The molecule has 0 aliphatic heterocycles. The molecule has 0 bridgehead atoms. The van der Waals surface area contributed by atoms with E-state index in [2.05, 4.69) is 73.1 Å². The van der Waals surface area contributed by atoms with Crippen molar-refractivity contribution in [1.82, 2.24) is 0 Å². The second-order valence-electron chi connectivity index (χ2n) is 7.26. The topological polar surface area (TPSA) is 0 Å². The molecule has 1 heteroatoms. The zero-order valence-electron chi connectivity index (χ0n) is 13.3. The van der Waals surface area contributed by atoms with Gasteiger partial charge in [0, 0.05) is 4.83 Å². The minimum Gasteiger partial charge on any atom is -0.0835 e. The molecule has 2 atom stereocenters. The van der Waals surface area contributed by atoms with E-state index in [0.717, 1.165) is 5.92 Å². The van der Waals surface area contributed by atoms with E-state index in [-0.39, 0.29) is 0 Å². The Bertz CT molecular complexity index is 641. The summed E-state index contributed by atoms with van der Waals surface area (Å²) in [4.78, 5) is 0.457. The van der Waals surface area contributed by atoms with Crippen LogP contribution < -0.4 is 0 Å². The molecule has 1 aliphatic carbocycles. The van der Waals surface area contributed by atoms with Crippen molar-refractivity contribution in [3.8, 4) is 0 Å². The van der Waals surface area contributed by atoms with E-state index in [1.807, 2.05) is 0 Å². The minimum absolute atomic E-state index is 0.429. The minimum atomic E-state index is 0.429. The molecule has 0 aromatic heterocycles. The van der Waals surface area contributed by atoms with E-state index in [1.54, 1.807) is 0 Å². The van der Waals surface area contributed by atoms with Crippen LogP contribution in [0.4, 0.5) is 0 Å². The van der Waals surface area contributed by atoms with Crippen LogP contribution in [0.3, 0.4) is 0 Å². The Morgan fingerprint density at radius 2 is 1.76 bits per heavy atom. The van der Waals surface area contributed by atoms with E-state index >= 15 is 0 Å². The summed E-state index contributed by atoms with van der Waals surface area (Å²) in [7, 11) is 0. The number of rotatable bonds is 2. The highest BCUT2D eigenvalue weighted by Crippen LogP contribution is 2.51. The third-order valence-electron chi connectivity index (χ3n) is 5.42. The maximum absolute atomic E-state index is 4.07. The van der Waals surface area contributed by atoms with Crippen molar-refractivity contribution >= 4 is 26.7 Å². The molecule has 0 spiro atoms. The first-order chi connectivity index (χ1) is 10.0. The van der Waals surface area contributed by atoms with Crippen molar-refractivity contribution in [2.45, 2.75) is 51.3 Å². The summed E-state index contributed by atoms with van der Waals surface area (Å²) >= 11 is 4.07. The van der Waals surface area contributed by atoms with Crippen molar-refractivity contribution in [2.24, 2.45) is 11.3 Å². The average Bonchev–Trinajstić information content (AvgIpc) is 2.47. The van der Waals surface area contributed by atoms with Crippen molar-refractivity contribution in [1.29, 1.82) is 0 Å². The van der Waals surface area contributed by atoms with Gasteiger partial charge in [0.25, 0.3) is 0 Å². The predicted octanol–water partition coefficient (Wildman–Crippen LogP) is 6.80. The van der Waals surface area contributed by atoms with Crippen LogP contribution >= 0.6 is 15.9 Å². The third kappa shape index (κ3) is 2.77. The summed E-state index contributed by atoms with van der Waals surface area (Å²) in [6.45, 7) is 7.10. The van der Waals surface area contributed by atoms with E-state index in [4.69, 9.17) is 0 Å². The van der Waals surface area contributed by atoms with Crippen molar-refractivity contribution in [2.75, 3.05) is 0 Å². The van der Waals surface area contributed by atoms with Gasteiger partial charge in [-0.05, 0) is 53.0 Å². The first-order valence-corrected chi connectivity index (χ1v) is 9.04. The van der Waals surface area contributed by atoms with Gasteiger partial charge in [-0.2, -0.15) is 0 Å². The summed E-state index contributed by atoms with van der Waals surface area (Å²) in [5.41, 5.74) is 3.27. The Morgan fingerprint density at radius 3 is 2.48 bits per heavy atom. The molecule has 1 fully saturated rings. The number of hydrogen-bond acceptors (Lipinski definition) is 0. The van der Waals surface area contributed by atoms with Crippen molar-refractivity contribution in [3.05, 3.63) is 47.5 Å². The van der Waals surface area contributed by atoms with E-state index < -0.39 is 0 Å². The van der Waals surface area contributed by atoms with Crippen molar-refractivity contribution < 1.29 is 0 Å². The van der Waals surface area contributed by atoms with E-state index in [9.17, 15) is 0 Å². The Morgan fingerprint density at radius 1 is 1.05 bits per heavy atom. The lowest BCUT2D eigenvalue weighted by atomic mass is 9.66. The lowest BCUT2D eigenvalue weighted by Crippen LogP contribution is -2.30. The smallest absolute Gasteiger partial charge is 0.0434 e. The molecule has 112 valence electrons. The van der Waals surface area contributed by atoms with Gasteiger partial charge in [-0.25, -0.2) is 0 Å². The summed E-state index contributed by atoms with van der Waals surface area (Å²) in [6, 6.07) is 13.5. The maximum atomic E-state index is 4.07. The van der Waals surface area contributed by atoms with Crippen LogP contribution in [0.1, 0.15) is 55.5 Å². The van der Waals surface area contributed by atoms with Crippen LogP contribution in [0.5, 0.6) is 0 Å². The highest BCUT2D eigenvalue weighted by atomic mass is 79.9. The largest absolute Gasteiger partial charge is 0.0835 e. The number of aryl methyl sites for hydroxylation is 1. The first kappa shape index (κ1) is 15.1. The van der Waals surface area contributed by atoms with Gasteiger partial charge in [-0.15, -0.1) is 0 Å². The molecule has 0 amide bonds. The Labute approximate surface area is 137 Å². The van der Waals surface area contributed by atoms with Gasteiger partial charge in [-0.1, -0.05) is 79.0 Å². The maximum Gasteiger partial charge on any atom is 0.0434 e. The number of benzene rings is 2. The molecule has 0 nitrogen and oxygen atoms in total. The zero-order chi connectivity index (χ0) is 15.0. The highest BCUT2D eigenvalue weighted by molar-refractivity contribution is 9.09. The lowest BCUT2D eigenvalue weighted by Gasteiger charge is -2.42. The fourth-order valence-corrected chi connectivity index (χ4v) is 5.37. The van der Waals surface area contributed by atoms with Gasteiger partial charge in [0.1, 0.15) is 0 Å². The molecule has 2 unspecified atom stereocenters. The number of fused-ring (bicyclic) bond motifs is 1. The third-order valence-corrected chi connectivity index (χ3v) is 6.55. The van der Waals surface area contributed by atoms with Gasteiger partial charge in [-0.3, -0.25) is 0 Å². The molecule has 0 heterocycles. The molecule has 2 aromatic rings. The molecule has 1 saturated carbocycles. The second kappa shape index (κ2) is 5.76. The second-order valence-corrected chi connectivity index (χ2v) is 8.25. The number of alkyl halides is 1. The normalized spacial score (nSPS) is 23.1. The summed E-state index contributed by atoms with van der Waals surface area (Å²) in [5.74, 6) is 0.720. The Hall–Kier alpha value is -0.820. The lowest BCUT2D eigenvalue weighted by molar-refractivity contribution is 0.137. The molecule has 3 rings (SSSR count). The average molecular weight is 345 g/mol. The van der Waals surface area contributed by atoms with Gasteiger partial charge in [0.15, 0.2) is 0 Å².